The van der Waals surface area contributed by atoms with Crippen LogP contribution in [0.2, 0.25) is 0 Å². The highest BCUT2D eigenvalue weighted by atomic mass is 79.9. The van der Waals surface area contributed by atoms with Gasteiger partial charge in [-0.05, 0) is 34.0 Å². The van der Waals surface area contributed by atoms with Crippen LogP contribution in [0.5, 0.6) is 11.5 Å². The summed E-state index contributed by atoms with van der Waals surface area (Å²) in [7, 11) is 3.00. The predicted molar refractivity (Wildman–Crippen MR) is 89.7 cm³/mol. The molecule has 1 aromatic rings. The summed E-state index contributed by atoms with van der Waals surface area (Å²) in [6.07, 6.45) is 0. The van der Waals surface area contributed by atoms with Crippen LogP contribution in [-0.4, -0.2) is 48.4 Å². The molecule has 0 atom stereocenters. The van der Waals surface area contributed by atoms with Crippen molar-refractivity contribution < 1.29 is 23.9 Å². The van der Waals surface area contributed by atoms with Crippen LogP contribution in [0.3, 0.4) is 0 Å². The van der Waals surface area contributed by atoms with Crippen LogP contribution in [0.25, 0.3) is 0 Å². The van der Waals surface area contributed by atoms with E-state index < -0.39 is 17.8 Å². The Hall–Kier alpha value is -2.09. The molecule has 24 heavy (non-hydrogen) atoms. The molecule has 0 bridgehead atoms. The number of amides is 4. The van der Waals surface area contributed by atoms with E-state index in [-0.39, 0.29) is 19.0 Å². The molecule has 1 fully saturated rings. The lowest BCUT2D eigenvalue weighted by molar-refractivity contribution is -0.143. The van der Waals surface area contributed by atoms with Crippen molar-refractivity contribution in [3.63, 3.8) is 0 Å². The number of halogens is 1. The zero-order valence-corrected chi connectivity index (χ0v) is 15.5. The second-order valence-electron chi connectivity index (χ2n) is 5.78. The number of urea groups is 1. The summed E-state index contributed by atoms with van der Waals surface area (Å²) in [5.41, 5.74) is 0.568. The van der Waals surface area contributed by atoms with Crippen molar-refractivity contribution in [2.45, 2.75) is 20.4 Å². The van der Waals surface area contributed by atoms with Gasteiger partial charge in [-0.25, -0.2) is 4.79 Å². The first-order valence-electron chi connectivity index (χ1n) is 7.37. The molecule has 1 aliphatic heterocycles. The zero-order valence-electron chi connectivity index (χ0n) is 14.0. The van der Waals surface area contributed by atoms with E-state index in [1.54, 1.807) is 12.1 Å². The van der Waals surface area contributed by atoms with Gasteiger partial charge in [0.2, 0.25) is 0 Å². The summed E-state index contributed by atoms with van der Waals surface area (Å²) in [4.78, 5) is 38.5. The Morgan fingerprint density at radius 1 is 1.00 bits per heavy atom. The number of benzene rings is 1. The minimum atomic E-state index is -0.829. The molecular weight excluding hydrogens is 380 g/mol. The number of nitrogens with zero attached hydrogens (tertiary/aromatic N) is 2. The second-order valence-corrected chi connectivity index (χ2v) is 6.64. The van der Waals surface area contributed by atoms with Gasteiger partial charge in [0, 0.05) is 12.1 Å². The van der Waals surface area contributed by atoms with Crippen molar-refractivity contribution in [1.29, 1.82) is 0 Å². The average molecular weight is 399 g/mol. The Morgan fingerprint density at radius 2 is 1.58 bits per heavy atom. The molecule has 0 saturated carbocycles. The van der Waals surface area contributed by atoms with Gasteiger partial charge in [-0.1, -0.05) is 13.8 Å². The van der Waals surface area contributed by atoms with Gasteiger partial charge in [0.1, 0.15) is 11.5 Å². The number of hydrogen-bond acceptors (Lipinski definition) is 5. The summed E-state index contributed by atoms with van der Waals surface area (Å²) >= 11 is 3.35. The van der Waals surface area contributed by atoms with Crippen LogP contribution in [0, 0.1) is 5.92 Å². The summed E-state index contributed by atoms with van der Waals surface area (Å²) in [5.74, 6) is -0.525. The summed E-state index contributed by atoms with van der Waals surface area (Å²) in [5, 5.41) is 0. The molecule has 130 valence electrons. The van der Waals surface area contributed by atoms with Gasteiger partial charge in [0.25, 0.3) is 0 Å². The number of methoxy groups -OCH3 is 2. The molecule has 1 heterocycles. The van der Waals surface area contributed by atoms with E-state index in [0.29, 0.717) is 21.5 Å². The Morgan fingerprint density at radius 3 is 2.12 bits per heavy atom. The van der Waals surface area contributed by atoms with Crippen molar-refractivity contribution in [1.82, 2.24) is 9.80 Å². The number of carbonyl (C=O) groups excluding carboxylic acids is 3. The molecule has 4 amide bonds. The molecule has 0 unspecified atom stereocenters. The molecule has 0 radical (unpaired) electrons. The van der Waals surface area contributed by atoms with Crippen molar-refractivity contribution >= 4 is 33.8 Å². The standard InChI is InChI=1S/C16H19BrN2O5/c1-9(2)7-18-14(20)15(21)19(16(18)22)8-10-5-13(24-4)11(17)6-12(10)23-3/h5-6,9H,7-8H2,1-4H3. The van der Waals surface area contributed by atoms with Gasteiger partial charge in [-0.15, -0.1) is 0 Å². The Labute approximate surface area is 148 Å². The highest BCUT2D eigenvalue weighted by molar-refractivity contribution is 9.10. The lowest BCUT2D eigenvalue weighted by Gasteiger charge is -2.19. The molecule has 7 nitrogen and oxygen atoms in total. The lowest BCUT2D eigenvalue weighted by atomic mass is 10.1. The number of rotatable bonds is 6. The monoisotopic (exact) mass is 398 g/mol. The number of ether oxygens (including phenoxy) is 2. The van der Waals surface area contributed by atoms with Gasteiger partial charge in [0.05, 0.1) is 25.2 Å². The zero-order chi connectivity index (χ0) is 18.0. The van der Waals surface area contributed by atoms with Gasteiger partial charge in [-0.2, -0.15) is 0 Å². The normalized spacial score (nSPS) is 14.8. The molecule has 0 N–H and O–H groups in total. The third kappa shape index (κ3) is 3.38. The highest BCUT2D eigenvalue weighted by Crippen LogP contribution is 2.34. The molecule has 1 aliphatic rings. The molecule has 1 saturated heterocycles. The first-order valence-corrected chi connectivity index (χ1v) is 8.17. The number of imide groups is 2. The van der Waals surface area contributed by atoms with Crippen LogP contribution in [-0.2, 0) is 16.1 Å². The van der Waals surface area contributed by atoms with Crippen molar-refractivity contribution in [2.75, 3.05) is 20.8 Å². The van der Waals surface area contributed by atoms with Gasteiger partial charge in [0.15, 0.2) is 0 Å². The fraction of sp³-hybridized carbons (Fsp3) is 0.438. The Kier molecular flexibility index (Phi) is 5.48. The maximum atomic E-state index is 12.4. The fourth-order valence-corrected chi connectivity index (χ4v) is 2.92. The predicted octanol–water partition coefficient (Wildman–Crippen LogP) is 2.41. The van der Waals surface area contributed by atoms with Gasteiger partial charge < -0.3 is 9.47 Å². The smallest absolute Gasteiger partial charge is 0.334 e. The third-order valence-electron chi connectivity index (χ3n) is 3.57. The summed E-state index contributed by atoms with van der Waals surface area (Å²) in [6, 6.07) is 2.74. The van der Waals surface area contributed by atoms with Crippen LogP contribution in [0.4, 0.5) is 4.79 Å². The van der Waals surface area contributed by atoms with E-state index in [9.17, 15) is 14.4 Å². The largest absolute Gasteiger partial charge is 0.496 e. The van der Waals surface area contributed by atoms with Crippen LogP contribution >= 0.6 is 15.9 Å². The highest BCUT2D eigenvalue weighted by Gasteiger charge is 2.44. The number of carbonyl (C=O) groups is 3. The third-order valence-corrected chi connectivity index (χ3v) is 4.19. The number of hydrogen-bond donors (Lipinski definition) is 0. The van der Waals surface area contributed by atoms with Crippen LogP contribution < -0.4 is 9.47 Å². The van der Waals surface area contributed by atoms with E-state index in [1.165, 1.54) is 14.2 Å². The molecule has 0 spiro atoms. The van der Waals surface area contributed by atoms with E-state index >= 15 is 0 Å². The first-order chi connectivity index (χ1) is 11.3. The molecule has 2 rings (SSSR count). The van der Waals surface area contributed by atoms with Crippen molar-refractivity contribution in [2.24, 2.45) is 5.92 Å². The summed E-state index contributed by atoms with van der Waals surface area (Å²) in [6.45, 7) is 3.89. The van der Waals surface area contributed by atoms with Crippen LogP contribution in [0.15, 0.2) is 16.6 Å². The molecular formula is C16H19BrN2O5. The van der Waals surface area contributed by atoms with E-state index in [0.717, 1.165) is 9.80 Å². The second kappa shape index (κ2) is 7.21. The Balaban J connectivity index is 2.32. The summed E-state index contributed by atoms with van der Waals surface area (Å²) < 4.78 is 11.2. The molecule has 0 aromatic heterocycles. The van der Waals surface area contributed by atoms with E-state index in [2.05, 4.69) is 15.9 Å². The lowest BCUT2D eigenvalue weighted by Crippen LogP contribution is -2.35. The van der Waals surface area contributed by atoms with Gasteiger partial charge in [-0.3, -0.25) is 19.4 Å². The maximum absolute atomic E-state index is 12.4. The minimum Gasteiger partial charge on any atom is -0.496 e. The van der Waals surface area contributed by atoms with Gasteiger partial charge >= 0.3 is 17.8 Å². The van der Waals surface area contributed by atoms with E-state index in [1.807, 2.05) is 13.8 Å². The molecule has 0 aliphatic carbocycles. The van der Waals surface area contributed by atoms with Crippen LogP contribution in [0.1, 0.15) is 19.4 Å². The van der Waals surface area contributed by atoms with Crippen molar-refractivity contribution in [3.8, 4) is 11.5 Å². The molecule has 8 heteroatoms. The van der Waals surface area contributed by atoms with Crippen molar-refractivity contribution in [3.05, 3.63) is 22.2 Å². The first kappa shape index (κ1) is 18.3. The SMILES string of the molecule is COc1cc(CN2C(=O)C(=O)N(CC(C)C)C2=O)c(OC)cc1Br. The maximum Gasteiger partial charge on any atom is 0.334 e. The topological polar surface area (TPSA) is 76.2 Å². The average Bonchev–Trinajstić information content (AvgIpc) is 2.73. The fourth-order valence-electron chi connectivity index (χ4n) is 2.43. The van der Waals surface area contributed by atoms with E-state index in [4.69, 9.17) is 9.47 Å². The minimum absolute atomic E-state index is 0.0647. The quantitative estimate of drug-likeness (QED) is 0.543. The molecule has 1 aromatic carbocycles. The Bertz CT molecular complexity index is 689.